The first-order valence-electron chi connectivity index (χ1n) is 8.42. The third kappa shape index (κ3) is 3.84. The van der Waals surface area contributed by atoms with Crippen molar-refractivity contribution in [2.75, 3.05) is 11.1 Å². The number of aromatic nitrogens is 2. The number of amides is 1. The Bertz CT molecular complexity index is 1100. The molecule has 1 N–H and O–H groups in total. The molecule has 0 saturated heterocycles. The molecule has 0 bridgehead atoms. The Morgan fingerprint density at radius 3 is 2.85 bits per heavy atom. The Labute approximate surface area is 163 Å². The largest absolute Gasteiger partial charge is 0.323 e. The van der Waals surface area contributed by atoms with Gasteiger partial charge in [-0.2, -0.15) is 0 Å². The Hall–Kier alpha value is -2.38. The molecule has 8 heteroatoms. The molecule has 0 spiro atoms. The number of hydrogen-bond acceptors (Lipinski definition) is 4. The molecule has 2 aromatic carbocycles. The van der Waals surface area contributed by atoms with Gasteiger partial charge in [0.2, 0.25) is 5.91 Å². The van der Waals surface area contributed by atoms with Gasteiger partial charge in [0.05, 0.1) is 22.3 Å². The lowest BCUT2D eigenvalue weighted by atomic mass is 10.2. The van der Waals surface area contributed by atoms with Crippen LogP contribution < -0.4 is 10.9 Å². The summed E-state index contributed by atoms with van der Waals surface area (Å²) in [5.41, 5.74) is 0.536. The van der Waals surface area contributed by atoms with Crippen LogP contribution in [-0.4, -0.2) is 21.2 Å². The molecule has 0 radical (unpaired) electrons. The fraction of sp³-hybridized carbons (Fsp3) is 0.211. The summed E-state index contributed by atoms with van der Waals surface area (Å²) in [6, 6.07) is 11.3. The summed E-state index contributed by atoms with van der Waals surface area (Å²) >= 11 is 7.00. The molecule has 1 saturated carbocycles. The van der Waals surface area contributed by atoms with E-state index in [4.69, 9.17) is 11.6 Å². The summed E-state index contributed by atoms with van der Waals surface area (Å²) in [7, 11) is 0. The number of nitrogens with zero attached hydrogens (tertiary/aromatic N) is 2. The van der Waals surface area contributed by atoms with Crippen molar-refractivity contribution < 1.29 is 9.18 Å². The lowest BCUT2D eigenvalue weighted by Gasteiger charge is -2.12. The first kappa shape index (κ1) is 18.0. The third-order valence-electron chi connectivity index (χ3n) is 4.22. The number of anilines is 1. The molecule has 4 rings (SSSR count). The molecule has 138 valence electrons. The van der Waals surface area contributed by atoms with Gasteiger partial charge in [-0.15, -0.1) is 0 Å². The summed E-state index contributed by atoms with van der Waals surface area (Å²) in [6.07, 6.45) is 1.85. The van der Waals surface area contributed by atoms with E-state index in [0.717, 1.165) is 12.8 Å². The second-order valence-corrected chi connectivity index (χ2v) is 7.66. The van der Waals surface area contributed by atoms with Gasteiger partial charge in [0, 0.05) is 11.1 Å². The molecule has 1 aromatic heterocycles. The number of halogens is 2. The maximum atomic E-state index is 13.8. The van der Waals surface area contributed by atoms with Crippen molar-refractivity contribution >= 4 is 45.9 Å². The van der Waals surface area contributed by atoms with E-state index in [2.05, 4.69) is 10.3 Å². The number of thioether (sulfide) groups is 1. The van der Waals surface area contributed by atoms with Gasteiger partial charge in [-0.25, -0.2) is 9.37 Å². The van der Waals surface area contributed by atoms with E-state index in [9.17, 15) is 14.0 Å². The van der Waals surface area contributed by atoms with E-state index in [1.54, 1.807) is 16.7 Å². The van der Waals surface area contributed by atoms with Crippen molar-refractivity contribution in [2.45, 2.75) is 24.0 Å². The fourth-order valence-electron chi connectivity index (χ4n) is 2.79. The minimum absolute atomic E-state index is 0.00343. The van der Waals surface area contributed by atoms with Crippen LogP contribution in [0.1, 0.15) is 18.9 Å². The van der Waals surface area contributed by atoms with E-state index >= 15 is 0 Å². The van der Waals surface area contributed by atoms with Crippen LogP contribution in [0.2, 0.25) is 5.02 Å². The third-order valence-corrected chi connectivity index (χ3v) is 5.41. The van der Waals surface area contributed by atoms with Gasteiger partial charge in [0.25, 0.3) is 5.56 Å². The Morgan fingerprint density at radius 1 is 1.30 bits per heavy atom. The maximum absolute atomic E-state index is 13.8. The SMILES string of the molecule is O=C(CSc1nc2ccccc2c(=O)n1C1CC1)Nc1cc(Cl)ccc1F. The van der Waals surface area contributed by atoms with Gasteiger partial charge in [0.15, 0.2) is 5.16 Å². The monoisotopic (exact) mass is 403 g/mol. The Kier molecular flexibility index (Phi) is 4.88. The highest BCUT2D eigenvalue weighted by Gasteiger charge is 2.28. The Balaban J connectivity index is 1.56. The number of fused-ring (bicyclic) bond motifs is 1. The van der Waals surface area contributed by atoms with Crippen LogP contribution in [0.25, 0.3) is 10.9 Å². The van der Waals surface area contributed by atoms with Crippen molar-refractivity contribution in [1.29, 1.82) is 0 Å². The molecule has 1 amide bonds. The molecule has 3 aromatic rings. The van der Waals surface area contributed by atoms with Crippen molar-refractivity contribution in [3.05, 3.63) is 63.7 Å². The van der Waals surface area contributed by atoms with Crippen LogP contribution >= 0.6 is 23.4 Å². The second-order valence-electron chi connectivity index (χ2n) is 6.28. The van der Waals surface area contributed by atoms with Crippen LogP contribution in [0.4, 0.5) is 10.1 Å². The van der Waals surface area contributed by atoms with E-state index in [0.29, 0.717) is 21.1 Å². The van der Waals surface area contributed by atoms with Crippen molar-refractivity contribution in [2.24, 2.45) is 0 Å². The summed E-state index contributed by atoms with van der Waals surface area (Å²) in [6.45, 7) is 0. The van der Waals surface area contributed by atoms with Crippen molar-refractivity contribution in [3.63, 3.8) is 0 Å². The van der Waals surface area contributed by atoms with Gasteiger partial charge < -0.3 is 5.32 Å². The quantitative estimate of drug-likeness (QED) is 0.511. The van der Waals surface area contributed by atoms with E-state index in [1.165, 1.54) is 30.0 Å². The lowest BCUT2D eigenvalue weighted by molar-refractivity contribution is -0.113. The number of carbonyl (C=O) groups is 1. The zero-order valence-corrected chi connectivity index (χ0v) is 15.7. The lowest BCUT2D eigenvalue weighted by Crippen LogP contribution is -2.23. The number of rotatable bonds is 5. The summed E-state index contributed by atoms with van der Waals surface area (Å²) in [4.78, 5) is 29.6. The summed E-state index contributed by atoms with van der Waals surface area (Å²) < 4.78 is 15.4. The van der Waals surface area contributed by atoms with Gasteiger partial charge in [-0.1, -0.05) is 35.5 Å². The van der Waals surface area contributed by atoms with Crippen LogP contribution in [0.5, 0.6) is 0 Å². The van der Waals surface area contributed by atoms with Crippen LogP contribution in [0, 0.1) is 5.82 Å². The zero-order valence-electron chi connectivity index (χ0n) is 14.1. The van der Waals surface area contributed by atoms with Crippen LogP contribution in [0.15, 0.2) is 52.4 Å². The van der Waals surface area contributed by atoms with Gasteiger partial charge in [-0.3, -0.25) is 14.2 Å². The molecular weight excluding hydrogens is 389 g/mol. The van der Waals surface area contributed by atoms with Gasteiger partial charge in [0.1, 0.15) is 5.82 Å². The summed E-state index contributed by atoms with van der Waals surface area (Å²) in [5.74, 6) is -0.953. The number of nitrogens with one attached hydrogen (secondary N) is 1. The topological polar surface area (TPSA) is 64.0 Å². The van der Waals surface area contributed by atoms with E-state index in [1.807, 2.05) is 12.1 Å². The molecule has 1 aliphatic carbocycles. The highest BCUT2D eigenvalue weighted by Crippen LogP contribution is 2.36. The molecule has 27 heavy (non-hydrogen) atoms. The van der Waals surface area contributed by atoms with E-state index in [-0.39, 0.29) is 23.0 Å². The molecular formula is C19H15ClFN3O2S. The van der Waals surface area contributed by atoms with Crippen molar-refractivity contribution in [3.8, 4) is 0 Å². The predicted octanol–water partition coefficient (Wildman–Crippen LogP) is 4.25. The first-order chi connectivity index (χ1) is 13.0. The van der Waals surface area contributed by atoms with Gasteiger partial charge >= 0.3 is 0 Å². The average Bonchev–Trinajstić information content (AvgIpc) is 3.48. The Morgan fingerprint density at radius 2 is 2.07 bits per heavy atom. The van der Waals surface area contributed by atoms with Gasteiger partial charge in [-0.05, 0) is 43.2 Å². The van der Waals surface area contributed by atoms with E-state index < -0.39 is 11.7 Å². The number of para-hydroxylation sites is 1. The minimum atomic E-state index is -0.559. The highest BCUT2D eigenvalue weighted by atomic mass is 35.5. The molecule has 1 fully saturated rings. The minimum Gasteiger partial charge on any atom is -0.323 e. The molecule has 0 atom stereocenters. The average molecular weight is 404 g/mol. The summed E-state index contributed by atoms with van der Waals surface area (Å²) in [5, 5.41) is 3.91. The van der Waals surface area contributed by atoms with Crippen LogP contribution in [0.3, 0.4) is 0 Å². The standard InChI is InChI=1S/C19H15ClFN3O2S/c20-11-5-8-14(21)16(9-11)22-17(25)10-27-19-23-15-4-2-1-3-13(15)18(26)24(19)12-6-7-12/h1-5,8-9,12H,6-7,10H2,(H,22,25). The first-order valence-corrected chi connectivity index (χ1v) is 9.78. The maximum Gasteiger partial charge on any atom is 0.262 e. The second kappa shape index (κ2) is 7.32. The van der Waals surface area contributed by atoms with Crippen LogP contribution in [-0.2, 0) is 4.79 Å². The molecule has 5 nitrogen and oxygen atoms in total. The zero-order chi connectivity index (χ0) is 19.0. The normalized spacial score (nSPS) is 13.7. The number of benzene rings is 2. The highest BCUT2D eigenvalue weighted by molar-refractivity contribution is 7.99. The number of hydrogen-bond donors (Lipinski definition) is 1. The molecule has 0 unspecified atom stereocenters. The predicted molar refractivity (Wildman–Crippen MR) is 105 cm³/mol. The molecule has 1 aliphatic rings. The van der Waals surface area contributed by atoms with Crippen molar-refractivity contribution in [1.82, 2.24) is 9.55 Å². The number of carbonyl (C=O) groups excluding carboxylic acids is 1. The fourth-order valence-corrected chi connectivity index (χ4v) is 3.83. The smallest absolute Gasteiger partial charge is 0.262 e. The molecule has 1 heterocycles. The molecule has 0 aliphatic heterocycles.